The van der Waals surface area contributed by atoms with Crippen LogP contribution in [-0.4, -0.2) is 32.3 Å². The van der Waals surface area contributed by atoms with Crippen molar-refractivity contribution < 1.29 is 19.1 Å². The Labute approximate surface area is 120 Å². The number of carbonyl (C=O) groups is 2. The van der Waals surface area contributed by atoms with Crippen LogP contribution in [0.3, 0.4) is 0 Å². The van der Waals surface area contributed by atoms with Crippen LogP contribution in [0.1, 0.15) is 24.3 Å². The molecule has 0 aliphatic carbocycles. The zero-order valence-corrected chi connectivity index (χ0v) is 11.5. The minimum atomic E-state index is -1.39. The van der Waals surface area contributed by atoms with Crippen molar-refractivity contribution in [1.82, 2.24) is 15.1 Å². The summed E-state index contributed by atoms with van der Waals surface area (Å²) < 4.78 is 14.3. The maximum absolute atomic E-state index is 12.8. The van der Waals surface area contributed by atoms with E-state index in [9.17, 15) is 14.0 Å². The minimum Gasteiger partial charge on any atom is -0.480 e. The first-order valence-corrected chi connectivity index (χ1v) is 6.17. The summed E-state index contributed by atoms with van der Waals surface area (Å²) in [5.41, 5.74) is -0.724. The fourth-order valence-electron chi connectivity index (χ4n) is 1.58. The molecule has 0 spiro atoms. The quantitative estimate of drug-likeness (QED) is 0.896. The highest BCUT2D eigenvalue weighted by Crippen LogP contribution is 2.10. The summed E-state index contributed by atoms with van der Waals surface area (Å²) in [4.78, 5) is 22.9. The van der Waals surface area contributed by atoms with Crippen molar-refractivity contribution in [3.8, 4) is 5.69 Å². The highest BCUT2D eigenvalue weighted by atomic mass is 19.1. The molecule has 0 saturated heterocycles. The largest absolute Gasteiger partial charge is 0.480 e. The molecule has 2 rings (SSSR count). The normalized spacial score (nSPS) is 11.2. The summed E-state index contributed by atoms with van der Waals surface area (Å²) >= 11 is 0. The van der Waals surface area contributed by atoms with Gasteiger partial charge in [0.2, 0.25) is 0 Å². The van der Waals surface area contributed by atoms with E-state index in [1.165, 1.54) is 55.1 Å². The van der Waals surface area contributed by atoms with Gasteiger partial charge in [-0.2, -0.15) is 5.10 Å². The van der Waals surface area contributed by atoms with Gasteiger partial charge in [0.25, 0.3) is 5.91 Å². The van der Waals surface area contributed by atoms with Crippen LogP contribution in [0.25, 0.3) is 5.69 Å². The highest BCUT2D eigenvalue weighted by Gasteiger charge is 2.30. The van der Waals surface area contributed by atoms with E-state index in [1.54, 1.807) is 0 Å². The lowest BCUT2D eigenvalue weighted by atomic mass is 10.1. The van der Waals surface area contributed by atoms with Crippen LogP contribution in [0.4, 0.5) is 4.39 Å². The first-order chi connectivity index (χ1) is 9.79. The number of hydrogen-bond acceptors (Lipinski definition) is 3. The van der Waals surface area contributed by atoms with Crippen LogP contribution < -0.4 is 5.32 Å². The van der Waals surface area contributed by atoms with Gasteiger partial charge < -0.3 is 10.4 Å². The molecule has 0 atom stereocenters. The van der Waals surface area contributed by atoms with Crippen LogP contribution in [0.15, 0.2) is 36.5 Å². The number of carboxylic acid groups (broad SMARTS) is 1. The summed E-state index contributed by atoms with van der Waals surface area (Å²) in [5.74, 6) is -2.11. The molecule has 6 nitrogen and oxygen atoms in total. The molecule has 21 heavy (non-hydrogen) atoms. The van der Waals surface area contributed by atoms with Crippen molar-refractivity contribution in [1.29, 1.82) is 0 Å². The number of benzene rings is 1. The number of aromatic nitrogens is 2. The molecule has 110 valence electrons. The molecule has 1 amide bonds. The third-order valence-corrected chi connectivity index (χ3v) is 2.87. The maximum atomic E-state index is 12.8. The van der Waals surface area contributed by atoms with Gasteiger partial charge in [0, 0.05) is 6.20 Å². The predicted molar refractivity (Wildman–Crippen MR) is 72.7 cm³/mol. The molecule has 1 aromatic carbocycles. The highest BCUT2D eigenvalue weighted by molar-refractivity contribution is 5.96. The van der Waals surface area contributed by atoms with Crippen molar-refractivity contribution >= 4 is 11.9 Å². The molecule has 7 heteroatoms. The molecule has 1 aromatic heterocycles. The van der Waals surface area contributed by atoms with Crippen LogP contribution in [-0.2, 0) is 4.79 Å². The fourth-order valence-corrected chi connectivity index (χ4v) is 1.58. The van der Waals surface area contributed by atoms with E-state index in [2.05, 4.69) is 10.4 Å². The van der Waals surface area contributed by atoms with E-state index in [1.807, 2.05) is 0 Å². The minimum absolute atomic E-state index is 0.0775. The van der Waals surface area contributed by atoms with Crippen molar-refractivity contribution in [3.05, 3.63) is 48.0 Å². The Morgan fingerprint density at radius 3 is 2.43 bits per heavy atom. The summed E-state index contributed by atoms with van der Waals surface area (Å²) in [6, 6.07) is 7.06. The first kappa shape index (κ1) is 14.7. The molecule has 0 radical (unpaired) electrons. The van der Waals surface area contributed by atoms with Crippen molar-refractivity contribution in [2.24, 2.45) is 0 Å². The van der Waals surface area contributed by atoms with Crippen LogP contribution >= 0.6 is 0 Å². The molecule has 0 unspecified atom stereocenters. The van der Waals surface area contributed by atoms with Gasteiger partial charge in [-0.25, -0.2) is 13.9 Å². The number of rotatable bonds is 4. The average Bonchev–Trinajstić information content (AvgIpc) is 2.88. The standard InChI is InChI=1S/C14H14FN3O3/c1-14(2,13(20)21)16-12(19)11-7-8-18(17-11)10-5-3-9(15)4-6-10/h3-8H,1-2H3,(H,16,19)(H,20,21). The third kappa shape index (κ3) is 3.25. The number of halogens is 1. The average molecular weight is 291 g/mol. The molecule has 1 heterocycles. The van der Waals surface area contributed by atoms with Gasteiger partial charge in [-0.1, -0.05) is 0 Å². The predicted octanol–water partition coefficient (Wildman–Crippen LogP) is 1.60. The van der Waals surface area contributed by atoms with E-state index < -0.39 is 17.4 Å². The molecule has 0 aliphatic rings. The van der Waals surface area contributed by atoms with Gasteiger partial charge in [-0.15, -0.1) is 0 Å². The van der Waals surface area contributed by atoms with Crippen molar-refractivity contribution in [3.63, 3.8) is 0 Å². The monoisotopic (exact) mass is 291 g/mol. The van der Waals surface area contributed by atoms with Crippen LogP contribution in [0.2, 0.25) is 0 Å². The Bertz CT molecular complexity index is 677. The number of aliphatic carboxylic acids is 1. The number of carboxylic acids is 1. The van der Waals surface area contributed by atoms with E-state index in [4.69, 9.17) is 5.11 Å². The zero-order chi connectivity index (χ0) is 15.6. The Hall–Kier alpha value is -2.70. The molecule has 2 aromatic rings. The van der Waals surface area contributed by atoms with Gasteiger partial charge in [0.05, 0.1) is 5.69 Å². The SMILES string of the molecule is CC(C)(NC(=O)c1ccn(-c2ccc(F)cc2)n1)C(=O)O. The summed E-state index contributed by atoms with van der Waals surface area (Å²) in [6.07, 6.45) is 1.54. The van der Waals surface area contributed by atoms with E-state index in [-0.39, 0.29) is 11.5 Å². The second-order valence-electron chi connectivity index (χ2n) is 5.01. The lowest BCUT2D eigenvalue weighted by Gasteiger charge is -2.20. The Morgan fingerprint density at radius 1 is 1.24 bits per heavy atom. The maximum Gasteiger partial charge on any atom is 0.328 e. The summed E-state index contributed by atoms with van der Waals surface area (Å²) in [6.45, 7) is 2.76. The number of nitrogens with one attached hydrogen (secondary N) is 1. The molecular weight excluding hydrogens is 277 g/mol. The first-order valence-electron chi connectivity index (χ1n) is 6.17. The number of hydrogen-bond donors (Lipinski definition) is 2. The Morgan fingerprint density at radius 2 is 1.86 bits per heavy atom. The van der Waals surface area contributed by atoms with E-state index in [0.717, 1.165) is 0 Å². The lowest BCUT2D eigenvalue weighted by Crippen LogP contribution is -2.49. The van der Waals surface area contributed by atoms with Crippen molar-refractivity contribution in [2.75, 3.05) is 0 Å². The van der Waals surface area contributed by atoms with Gasteiger partial charge in [-0.05, 0) is 44.2 Å². The number of carbonyl (C=O) groups excluding carboxylic acids is 1. The van der Waals surface area contributed by atoms with Crippen LogP contribution in [0, 0.1) is 5.82 Å². The van der Waals surface area contributed by atoms with Gasteiger partial charge in [-0.3, -0.25) is 4.79 Å². The summed E-state index contributed by atoms with van der Waals surface area (Å²) in [5, 5.41) is 15.4. The van der Waals surface area contributed by atoms with E-state index in [0.29, 0.717) is 5.69 Å². The van der Waals surface area contributed by atoms with Crippen LogP contribution in [0.5, 0.6) is 0 Å². The molecule has 0 saturated carbocycles. The van der Waals surface area contributed by atoms with Gasteiger partial charge >= 0.3 is 5.97 Å². The molecule has 0 fully saturated rings. The van der Waals surface area contributed by atoms with Gasteiger partial charge in [0.1, 0.15) is 11.4 Å². The summed E-state index contributed by atoms with van der Waals surface area (Å²) in [7, 11) is 0. The second-order valence-corrected chi connectivity index (χ2v) is 5.01. The third-order valence-electron chi connectivity index (χ3n) is 2.87. The number of amides is 1. The van der Waals surface area contributed by atoms with Crippen molar-refractivity contribution in [2.45, 2.75) is 19.4 Å². The molecule has 2 N–H and O–H groups in total. The molecular formula is C14H14FN3O3. The smallest absolute Gasteiger partial charge is 0.328 e. The lowest BCUT2D eigenvalue weighted by molar-refractivity contribution is -0.143. The molecule has 0 aliphatic heterocycles. The van der Waals surface area contributed by atoms with Gasteiger partial charge in [0.15, 0.2) is 5.69 Å². The second kappa shape index (κ2) is 5.35. The Kier molecular flexibility index (Phi) is 3.75. The van der Waals surface area contributed by atoms with E-state index >= 15 is 0 Å². The molecule has 0 bridgehead atoms. The Balaban J connectivity index is 2.18. The number of nitrogens with zero attached hydrogens (tertiary/aromatic N) is 2. The zero-order valence-electron chi connectivity index (χ0n) is 11.5. The fraction of sp³-hybridized carbons (Fsp3) is 0.214. The topological polar surface area (TPSA) is 84.2 Å².